The second kappa shape index (κ2) is 4.46. The lowest BCUT2D eigenvalue weighted by Crippen LogP contribution is -2.00. The van der Waals surface area contributed by atoms with E-state index in [1.807, 2.05) is 0 Å². The van der Waals surface area contributed by atoms with Crippen molar-refractivity contribution in [3.63, 3.8) is 0 Å². The molecule has 64 valence electrons. The summed E-state index contributed by atoms with van der Waals surface area (Å²) in [7, 11) is 1.52. The lowest BCUT2D eigenvalue weighted by molar-refractivity contribution is 0.0477. The van der Waals surface area contributed by atoms with Crippen LogP contribution in [-0.2, 0) is 4.74 Å². The largest absolute Gasteiger partial charge is 0.451 e. The van der Waals surface area contributed by atoms with Crippen LogP contribution in [0, 0.1) is 0 Å². The normalized spacial score (nSPS) is 9.42. The molecule has 1 aromatic heterocycles. The summed E-state index contributed by atoms with van der Waals surface area (Å²) in [4.78, 5) is 14.2. The summed E-state index contributed by atoms with van der Waals surface area (Å²) in [6.07, 6.45) is 2.25. The Hall–Kier alpha value is -1.42. The molecule has 0 fully saturated rings. The van der Waals surface area contributed by atoms with Gasteiger partial charge in [0.15, 0.2) is 6.79 Å². The van der Waals surface area contributed by atoms with Crippen molar-refractivity contribution in [3.05, 3.63) is 23.9 Å². The van der Waals surface area contributed by atoms with Gasteiger partial charge < -0.3 is 9.47 Å². The lowest BCUT2D eigenvalue weighted by Gasteiger charge is -2.02. The Morgan fingerprint density at radius 3 is 3.17 bits per heavy atom. The zero-order chi connectivity index (χ0) is 8.81. The van der Waals surface area contributed by atoms with Gasteiger partial charge in [0.2, 0.25) is 5.88 Å². The van der Waals surface area contributed by atoms with E-state index in [-0.39, 0.29) is 6.79 Å². The first-order chi connectivity index (χ1) is 5.86. The van der Waals surface area contributed by atoms with Crippen molar-refractivity contribution in [2.24, 2.45) is 0 Å². The monoisotopic (exact) mass is 167 g/mol. The first-order valence-electron chi connectivity index (χ1n) is 3.40. The van der Waals surface area contributed by atoms with Crippen LogP contribution in [0.1, 0.15) is 10.4 Å². The molecule has 0 aliphatic heterocycles. The standard InChI is InChI=1S/C8H9NO3/c1-11-6-12-8-4-7(5-10)2-3-9-8/h2-5H,6H2,1H3. The average molecular weight is 167 g/mol. The molecule has 0 saturated heterocycles. The molecule has 0 radical (unpaired) electrons. The number of aldehydes is 1. The summed E-state index contributed by atoms with van der Waals surface area (Å²) in [5, 5.41) is 0. The fourth-order valence-electron chi connectivity index (χ4n) is 0.696. The van der Waals surface area contributed by atoms with Crippen LogP contribution < -0.4 is 4.74 Å². The first kappa shape index (κ1) is 8.67. The Bertz CT molecular complexity index is 262. The SMILES string of the molecule is COCOc1cc(C=O)ccn1. The maximum absolute atomic E-state index is 10.3. The van der Waals surface area contributed by atoms with E-state index < -0.39 is 0 Å². The molecule has 0 aliphatic carbocycles. The van der Waals surface area contributed by atoms with Crippen LogP contribution in [0.5, 0.6) is 5.88 Å². The minimum atomic E-state index is 0.134. The molecule has 0 aliphatic rings. The molecule has 0 saturated carbocycles. The maximum atomic E-state index is 10.3. The molecule has 0 bridgehead atoms. The van der Waals surface area contributed by atoms with Gasteiger partial charge in [-0.1, -0.05) is 0 Å². The fourth-order valence-corrected chi connectivity index (χ4v) is 0.696. The number of hydrogen-bond donors (Lipinski definition) is 0. The van der Waals surface area contributed by atoms with Crippen molar-refractivity contribution in [2.75, 3.05) is 13.9 Å². The van der Waals surface area contributed by atoms with Gasteiger partial charge in [-0.2, -0.15) is 0 Å². The molecule has 1 rings (SSSR count). The third-order valence-corrected chi connectivity index (χ3v) is 1.22. The van der Waals surface area contributed by atoms with Crippen molar-refractivity contribution in [3.8, 4) is 5.88 Å². The van der Waals surface area contributed by atoms with Crippen molar-refractivity contribution < 1.29 is 14.3 Å². The third-order valence-electron chi connectivity index (χ3n) is 1.22. The highest BCUT2D eigenvalue weighted by Crippen LogP contribution is 2.06. The quantitative estimate of drug-likeness (QED) is 0.493. The number of pyridine rings is 1. The van der Waals surface area contributed by atoms with Gasteiger partial charge >= 0.3 is 0 Å². The number of carbonyl (C=O) groups excluding carboxylic acids is 1. The Labute approximate surface area is 70.1 Å². The highest BCUT2D eigenvalue weighted by Gasteiger charge is 1.95. The average Bonchev–Trinajstić information content (AvgIpc) is 2.15. The van der Waals surface area contributed by atoms with Crippen LogP contribution in [-0.4, -0.2) is 25.2 Å². The zero-order valence-corrected chi connectivity index (χ0v) is 6.69. The fraction of sp³-hybridized carbons (Fsp3) is 0.250. The molecular weight excluding hydrogens is 158 g/mol. The summed E-state index contributed by atoms with van der Waals surface area (Å²) in [6, 6.07) is 3.15. The minimum absolute atomic E-state index is 0.134. The van der Waals surface area contributed by atoms with Gasteiger partial charge in [-0.25, -0.2) is 4.98 Å². The summed E-state index contributed by atoms with van der Waals surface area (Å²) in [5.74, 6) is 0.390. The molecule has 4 nitrogen and oxygen atoms in total. The third kappa shape index (κ3) is 2.32. The topological polar surface area (TPSA) is 48.4 Å². The van der Waals surface area contributed by atoms with E-state index in [0.717, 1.165) is 6.29 Å². The van der Waals surface area contributed by atoms with E-state index in [2.05, 4.69) is 9.72 Å². The van der Waals surface area contributed by atoms with Crippen LogP contribution in [0.3, 0.4) is 0 Å². The van der Waals surface area contributed by atoms with Gasteiger partial charge in [0.1, 0.15) is 6.29 Å². The van der Waals surface area contributed by atoms with Crippen LogP contribution in [0.2, 0.25) is 0 Å². The Morgan fingerprint density at radius 1 is 1.67 bits per heavy atom. The Balaban J connectivity index is 2.66. The molecule has 0 atom stereocenters. The molecule has 4 heteroatoms. The molecule has 1 heterocycles. The second-order valence-corrected chi connectivity index (χ2v) is 2.10. The number of hydrogen-bond acceptors (Lipinski definition) is 4. The van der Waals surface area contributed by atoms with Crippen molar-refractivity contribution in [1.82, 2.24) is 4.98 Å². The molecular formula is C8H9NO3. The first-order valence-corrected chi connectivity index (χ1v) is 3.40. The zero-order valence-electron chi connectivity index (χ0n) is 6.69. The van der Waals surface area contributed by atoms with Crippen molar-refractivity contribution >= 4 is 6.29 Å². The van der Waals surface area contributed by atoms with Gasteiger partial charge in [-0.15, -0.1) is 0 Å². The van der Waals surface area contributed by atoms with E-state index in [4.69, 9.17) is 4.74 Å². The lowest BCUT2D eigenvalue weighted by atomic mass is 10.3. The maximum Gasteiger partial charge on any atom is 0.216 e. The van der Waals surface area contributed by atoms with Crippen LogP contribution in [0.25, 0.3) is 0 Å². The molecule has 0 aromatic carbocycles. The van der Waals surface area contributed by atoms with Crippen LogP contribution in [0.15, 0.2) is 18.3 Å². The van der Waals surface area contributed by atoms with Gasteiger partial charge in [-0.05, 0) is 6.07 Å². The highest BCUT2D eigenvalue weighted by atomic mass is 16.7. The van der Waals surface area contributed by atoms with Crippen molar-refractivity contribution in [1.29, 1.82) is 0 Å². The number of methoxy groups -OCH3 is 1. The summed E-state index contributed by atoms with van der Waals surface area (Å²) in [5.41, 5.74) is 0.538. The summed E-state index contributed by atoms with van der Waals surface area (Å²) in [6.45, 7) is 0.134. The van der Waals surface area contributed by atoms with Crippen LogP contribution >= 0.6 is 0 Å². The number of carbonyl (C=O) groups is 1. The molecule has 0 amide bonds. The number of rotatable bonds is 4. The van der Waals surface area contributed by atoms with Gasteiger partial charge in [-0.3, -0.25) is 4.79 Å². The Morgan fingerprint density at radius 2 is 2.50 bits per heavy atom. The smallest absolute Gasteiger partial charge is 0.216 e. The summed E-state index contributed by atoms with van der Waals surface area (Å²) >= 11 is 0. The predicted molar refractivity (Wildman–Crippen MR) is 42.1 cm³/mol. The summed E-state index contributed by atoms with van der Waals surface area (Å²) < 4.78 is 9.67. The predicted octanol–water partition coefficient (Wildman–Crippen LogP) is 0.877. The van der Waals surface area contributed by atoms with Crippen LogP contribution in [0.4, 0.5) is 0 Å². The minimum Gasteiger partial charge on any atom is -0.451 e. The highest BCUT2D eigenvalue weighted by molar-refractivity contribution is 5.74. The number of ether oxygens (including phenoxy) is 2. The van der Waals surface area contributed by atoms with Gasteiger partial charge in [0.25, 0.3) is 0 Å². The molecule has 0 unspecified atom stereocenters. The molecule has 0 N–H and O–H groups in total. The molecule has 12 heavy (non-hydrogen) atoms. The molecule has 1 aromatic rings. The van der Waals surface area contributed by atoms with E-state index in [1.54, 1.807) is 12.1 Å². The van der Waals surface area contributed by atoms with E-state index >= 15 is 0 Å². The van der Waals surface area contributed by atoms with E-state index in [0.29, 0.717) is 11.4 Å². The van der Waals surface area contributed by atoms with Gasteiger partial charge in [0.05, 0.1) is 0 Å². The van der Waals surface area contributed by atoms with E-state index in [1.165, 1.54) is 13.3 Å². The molecule has 0 spiro atoms. The second-order valence-electron chi connectivity index (χ2n) is 2.10. The Kier molecular flexibility index (Phi) is 3.22. The van der Waals surface area contributed by atoms with Crippen molar-refractivity contribution in [2.45, 2.75) is 0 Å². The van der Waals surface area contributed by atoms with E-state index in [9.17, 15) is 4.79 Å². The number of nitrogens with zero attached hydrogens (tertiary/aromatic N) is 1. The number of aromatic nitrogens is 1. The van der Waals surface area contributed by atoms with Gasteiger partial charge in [0, 0.05) is 24.9 Å².